The van der Waals surface area contributed by atoms with Crippen LogP contribution in [-0.2, 0) is 0 Å². The van der Waals surface area contributed by atoms with E-state index in [1.54, 1.807) is 0 Å². The summed E-state index contributed by atoms with van der Waals surface area (Å²) in [4.78, 5) is 7.19. The predicted octanol–water partition coefficient (Wildman–Crippen LogP) is 7.88. The third-order valence-corrected chi connectivity index (χ3v) is 5.75. The highest BCUT2D eigenvalue weighted by atomic mass is 16.3. The van der Waals surface area contributed by atoms with Crippen molar-refractivity contribution in [2.75, 3.05) is 0 Å². The number of hydrogen-bond donors (Lipinski definition) is 3. The van der Waals surface area contributed by atoms with Crippen LogP contribution < -0.4 is 0 Å². The molecule has 0 saturated heterocycles. The number of benzene rings is 1. The molecule has 0 bridgehead atoms. The van der Waals surface area contributed by atoms with Crippen LogP contribution in [0.15, 0.2) is 30.3 Å². The number of rotatable bonds is 6. The smallest absolute Gasteiger partial charge is 0.131 e. The molecule has 2 heterocycles. The summed E-state index contributed by atoms with van der Waals surface area (Å²) in [6.45, 7) is 17.5. The van der Waals surface area contributed by atoms with Crippen molar-refractivity contribution in [2.24, 2.45) is 0 Å². The molecule has 0 aliphatic rings. The Bertz CT molecular complexity index is 910. The Labute approximate surface area is 175 Å². The zero-order valence-corrected chi connectivity index (χ0v) is 19.1. The number of phenolic OH excluding ortho intramolecular Hbond substituents is 1. The Balaban J connectivity index is 2.21. The van der Waals surface area contributed by atoms with Crippen molar-refractivity contribution < 1.29 is 5.11 Å². The SMILES string of the molecule is CC(C)c1cc(-c2cccc(-c3cc(C(C)C)[nH]c3C(C)C)c2O)c(C(C)C)[nH]1. The number of para-hydroxylation sites is 1. The highest BCUT2D eigenvalue weighted by Crippen LogP contribution is 2.44. The second kappa shape index (κ2) is 8.14. The van der Waals surface area contributed by atoms with Crippen LogP contribution in [0.25, 0.3) is 22.3 Å². The van der Waals surface area contributed by atoms with Crippen LogP contribution in [0.4, 0.5) is 0 Å². The minimum atomic E-state index is 0.353. The quantitative estimate of drug-likeness (QED) is 0.392. The number of nitrogens with one attached hydrogen (secondary N) is 2. The van der Waals surface area contributed by atoms with Gasteiger partial charge in [-0.05, 0) is 35.8 Å². The molecule has 3 rings (SSSR count). The topological polar surface area (TPSA) is 51.8 Å². The summed E-state index contributed by atoms with van der Waals surface area (Å²) < 4.78 is 0. The summed E-state index contributed by atoms with van der Waals surface area (Å²) in [5, 5.41) is 11.4. The molecule has 0 spiro atoms. The Morgan fingerprint density at radius 2 is 0.966 bits per heavy atom. The first-order valence-corrected chi connectivity index (χ1v) is 10.9. The van der Waals surface area contributed by atoms with E-state index in [0.717, 1.165) is 22.3 Å². The number of aromatic hydroxyl groups is 1. The normalized spacial score (nSPS) is 12.1. The van der Waals surface area contributed by atoms with E-state index in [0.29, 0.717) is 29.4 Å². The zero-order valence-electron chi connectivity index (χ0n) is 19.1. The van der Waals surface area contributed by atoms with Crippen molar-refractivity contribution >= 4 is 0 Å². The highest BCUT2D eigenvalue weighted by Gasteiger charge is 2.22. The lowest BCUT2D eigenvalue weighted by Gasteiger charge is -2.14. The summed E-state index contributed by atoms with van der Waals surface area (Å²) in [5.74, 6) is 1.90. The molecule has 1 aromatic carbocycles. The number of phenols is 1. The van der Waals surface area contributed by atoms with Crippen LogP contribution in [0.5, 0.6) is 5.75 Å². The molecule has 156 valence electrons. The molecule has 3 N–H and O–H groups in total. The first-order chi connectivity index (χ1) is 13.6. The van der Waals surface area contributed by atoms with Gasteiger partial charge < -0.3 is 15.1 Å². The standard InChI is InChI=1S/C26H36N2O/c1-14(2)22-12-20(24(27-22)16(5)6)18-10-9-11-19(26(18)29)21-13-23(15(3)4)28-25(21)17(7)8/h9-17,27-29H,1-8H3. The second-order valence-corrected chi connectivity index (χ2v) is 9.42. The molecule has 0 fully saturated rings. The summed E-state index contributed by atoms with van der Waals surface area (Å²) in [6.07, 6.45) is 0. The van der Waals surface area contributed by atoms with Crippen molar-refractivity contribution in [3.63, 3.8) is 0 Å². The van der Waals surface area contributed by atoms with Crippen molar-refractivity contribution in [3.8, 4) is 28.0 Å². The van der Waals surface area contributed by atoms with Crippen LogP contribution >= 0.6 is 0 Å². The Morgan fingerprint density at radius 3 is 1.28 bits per heavy atom. The van der Waals surface area contributed by atoms with E-state index in [2.05, 4.69) is 83.6 Å². The van der Waals surface area contributed by atoms with Crippen molar-refractivity contribution in [1.82, 2.24) is 9.97 Å². The zero-order chi connectivity index (χ0) is 21.5. The van der Waals surface area contributed by atoms with Crippen LogP contribution in [-0.4, -0.2) is 15.1 Å². The molecule has 0 aliphatic carbocycles. The highest BCUT2D eigenvalue weighted by molar-refractivity contribution is 5.84. The predicted molar refractivity (Wildman–Crippen MR) is 124 cm³/mol. The fourth-order valence-electron chi connectivity index (χ4n) is 3.94. The molecular weight excluding hydrogens is 356 g/mol. The van der Waals surface area contributed by atoms with Gasteiger partial charge in [0, 0.05) is 45.0 Å². The summed E-state index contributed by atoms with van der Waals surface area (Å²) in [6, 6.07) is 10.5. The van der Waals surface area contributed by atoms with Gasteiger partial charge in [0.25, 0.3) is 0 Å². The average Bonchev–Trinajstić information content (AvgIpc) is 3.27. The van der Waals surface area contributed by atoms with E-state index in [4.69, 9.17) is 0 Å². The van der Waals surface area contributed by atoms with Crippen LogP contribution in [0.2, 0.25) is 0 Å². The first-order valence-electron chi connectivity index (χ1n) is 10.9. The lowest BCUT2D eigenvalue weighted by molar-refractivity contribution is 0.479. The number of H-pyrrole nitrogens is 2. The summed E-state index contributed by atoms with van der Waals surface area (Å²) >= 11 is 0. The molecule has 29 heavy (non-hydrogen) atoms. The van der Waals surface area contributed by atoms with Crippen molar-refractivity contribution in [1.29, 1.82) is 0 Å². The van der Waals surface area contributed by atoms with Gasteiger partial charge in [-0.1, -0.05) is 73.6 Å². The summed E-state index contributed by atoms with van der Waals surface area (Å²) in [7, 11) is 0. The van der Waals surface area contributed by atoms with Crippen LogP contribution in [0.1, 0.15) is 102 Å². The minimum absolute atomic E-state index is 0.353. The number of aromatic nitrogens is 2. The van der Waals surface area contributed by atoms with E-state index in [-0.39, 0.29) is 0 Å². The molecular formula is C26H36N2O. The second-order valence-electron chi connectivity index (χ2n) is 9.42. The molecule has 0 saturated carbocycles. The molecule has 3 aromatic rings. The van der Waals surface area contributed by atoms with Gasteiger partial charge in [0.15, 0.2) is 0 Å². The molecule has 0 atom stereocenters. The molecule has 0 aliphatic heterocycles. The van der Waals surface area contributed by atoms with Gasteiger partial charge in [-0.15, -0.1) is 0 Å². The maximum atomic E-state index is 11.4. The van der Waals surface area contributed by atoms with Gasteiger partial charge in [-0.2, -0.15) is 0 Å². The molecule has 0 amide bonds. The first kappa shape index (κ1) is 21.3. The molecule has 0 radical (unpaired) electrons. The van der Waals surface area contributed by atoms with E-state index in [1.165, 1.54) is 22.8 Å². The van der Waals surface area contributed by atoms with E-state index in [9.17, 15) is 5.11 Å². The molecule has 3 nitrogen and oxygen atoms in total. The van der Waals surface area contributed by atoms with E-state index >= 15 is 0 Å². The number of hydrogen-bond acceptors (Lipinski definition) is 1. The maximum absolute atomic E-state index is 11.4. The average molecular weight is 393 g/mol. The van der Waals surface area contributed by atoms with Crippen LogP contribution in [0, 0.1) is 0 Å². The van der Waals surface area contributed by atoms with Gasteiger partial charge in [-0.3, -0.25) is 0 Å². The van der Waals surface area contributed by atoms with E-state index in [1.807, 2.05) is 12.1 Å². The van der Waals surface area contributed by atoms with Gasteiger partial charge in [0.2, 0.25) is 0 Å². The fourth-order valence-corrected chi connectivity index (χ4v) is 3.94. The lowest BCUT2D eigenvalue weighted by atomic mass is 9.93. The lowest BCUT2D eigenvalue weighted by Crippen LogP contribution is -1.94. The molecule has 2 aromatic heterocycles. The summed E-state index contributed by atoms with van der Waals surface area (Å²) in [5.41, 5.74) is 8.79. The van der Waals surface area contributed by atoms with Crippen LogP contribution in [0.3, 0.4) is 0 Å². The molecule has 0 unspecified atom stereocenters. The monoisotopic (exact) mass is 392 g/mol. The largest absolute Gasteiger partial charge is 0.507 e. The third kappa shape index (κ3) is 4.01. The Morgan fingerprint density at radius 1 is 0.586 bits per heavy atom. The van der Waals surface area contributed by atoms with Gasteiger partial charge in [0.05, 0.1) is 0 Å². The van der Waals surface area contributed by atoms with Gasteiger partial charge in [-0.25, -0.2) is 0 Å². The maximum Gasteiger partial charge on any atom is 0.131 e. The van der Waals surface area contributed by atoms with Crippen molar-refractivity contribution in [3.05, 3.63) is 53.1 Å². The fraction of sp³-hybridized carbons (Fsp3) is 0.462. The number of aromatic amines is 2. The Kier molecular flexibility index (Phi) is 5.97. The minimum Gasteiger partial charge on any atom is -0.507 e. The van der Waals surface area contributed by atoms with E-state index < -0.39 is 0 Å². The molecule has 3 heteroatoms. The van der Waals surface area contributed by atoms with Gasteiger partial charge in [0.1, 0.15) is 5.75 Å². The van der Waals surface area contributed by atoms with Gasteiger partial charge >= 0.3 is 0 Å². The van der Waals surface area contributed by atoms with Crippen molar-refractivity contribution in [2.45, 2.75) is 79.1 Å². The third-order valence-electron chi connectivity index (χ3n) is 5.75. The Hall–Kier alpha value is -2.42.